The van der Waals surface area contributed by atoms with E-state index in [0.29, 0.717) is 38.4 Å². The van der Waals surface area contributed by atoms with E-state index in [1.54, 1.807) is 11.8 Å². The molecule has 0 spiro atoms. The second-order valence-corrected chi connectivity index (χ2v) is 7.81. The van der Waals surface area contributed by atoms with Crippen molar-refractivity contribution in [1.29, 1.82) is 0 Å². The lowest BCUT2D eigenvalue weighted by molar-refractivity contribution is -0.137. The average molecular weight is 424 g/mol. The summed E-state index contributed by atoms with van der Waals surface area (Å²) in [6.07, 6.45) is -3.58. The van der Waals surface area contributed by atoms with Gasteiger partial charge in [-0.3, -0.25) is 4.79 Å². The molecule has 0 radical (unpaired) electrons. The van der Waals surface area contributed by atoms with Crippen molar-refractivity contribution in [3.05, 3.63) is 54.1 Å². The molecule has 29 heavy (non-hydrogen) atoms. The van der Waals surface area contributed by atoms with Crippen LogP contribution in [-0.4, -0.2) is 38.0 Å². The summed E-state index contributed by atoms with van der Waals surface area (Å²) < 4.78 is 44.7. The first-order valence-electron chi connectivity index (χ1n) is 9.45. The number of alkyl halides is 3. The van der Waals surface area contributed by atoms with Crippen molar-refractivity contribution < 1.29 is 22.7 Å². The normalized spacial score (nSPS) is 14.7. The number of carbonyl (C=O) groups is 1. The number of hydrogen-bond donors (Lipinski definition) is 1. The van der Waals surface area contributed by atoms with Gasteiger partial charge in [-0.1, -0.05) is 18.2 Å². The summed E-state index contributed by atoms with van der Waals surface area (Å²) in [6.45, 7) is 2.15. The van der Waals surface area contributed by atoms with Crippen LogP contribution in [0.3, 0.4) is 0 Å². The first-order valence-corrected chi connectivity index (χ1v) is 10.4. The lowest BCUT2D eigenvalue weighted by Crippen LogP contribution is -2.36. The Morgan fingerprint density at radius 2 is 1.83 bits per heavy atom. The molecule has 1 N–H and O–H groups in total. The third kappa shape index (κ3) is 6.40. The maximum atomic E-state index is 13.1. The van der Waals surface area contributed by atoms with Crippen molar-refractivity contribution in [1.82, 2.24) is 0 Å². The number of hydrogen-bond acceptors (Lipinski definition) is 4. The van der Waals surface area contributed by atoms with Gasteiger partial charge in [-0.2, -0.15) is 13.2 Å². The van der Waals surface area contributed by atoms with Gasteiger partial charge in [-0.25, -0.2) is 0 Å². The summed E-state index contributed by atoms with van der Waals surface area (Å²) >= 11 is 1.65. The topological polar surface area (TPSA) is 41.6 Å². The van der Waals surface area contributed by atoms with Gasteiger partial charge in [0.2, 0.25) is 5.91 Å². The van der Waals surface area contributed by atoms with Crippen molar-refractivity contribution in [2.24, 2.45) is 0 Å². The zero-order valence-electron chi connectivity index (χ0n) is 15.9. The highest BCUT2D eigenvalue weighted by atomic mass is 32.2. The van der Waals surface area contributed by atoms with Crippen LogP contribution >= 0.6 is 11.8 Å². The summed E-state index contributed by atoms with van der Waals surface area (Å²) in [5.74, 6) is 0.476. The molecule has 1 saturated heterocycles. The number of benzene rings is 2. The van der Waals surface area contributed by atoms with Gasteiger partial charge in [0.05, 0.1) is 30.2 Å². The van der Waals surface area contributed by atoms with Crippen molar-refractivity contribution in [2.45, 2.75) is 23.9 Å². The fraction of sp³-hybridized carbons (Fsp3) is 0.381. The molecule has 156 valence electrons. The van der Waals surface area contributed by atoms with Gasteiger partial charge < -0.3 is 15.0 Å². The molecule has 1 aliphatic heterocycles. The van der Waals surface area contributed by atoms with Gasteiger partial charge in [0.25, 0.3) is 0 Å². The Labute approximate surface area is 172 Å². The lowest BCUT2D eigenvalue weighted by Gasteiger charge is -2.31. The van der Waals surface area contributed by atoms with Gasteiger partial charge in [0.1, 0.15) is 0 Å². The molecule has 1 heterocycles. The highest BCUT2D eigenvalue weighted by Crippen LogP contribution is 2.36. The van der Waals surface area contributed by atoms with Crippen LogP contribution in [0.2, 0.25) is 0 Å². The molecule has 2 aromatic rings. The summed E-state index contributed by atoms with van der Waals surface area (Å²) in [5, 5.41) is 2.69. The molecular weight excluding hydrogens is 401 g/mol. The van der Waals surface area contributed by atoms with E-state index in [2.05, 4.69) is 5.32 Å². The maximum absolute atomic E-state index is 13.1. The predicted molar refractivity (Wildman–Crippen MR) is 110 cm³/mol. The zero-order chi connectivity index (χ0) is 20.7. The molecule has 0 unspecified atom stereocenters. The van der Waals surface area contributed by atoms with Gasteiger partial charge >= 0.3 is 6.18 Å². The van der Waals surface area contributed by atoms with E-state index in [0.717, 1.165) is 22.8 Å². The molecule has 0 aliphatic carbocycles. The fourth-order valence-corrected chi connectivity index (χ4v) is 3.92. The van der Waals surface area contributed by atoms with Crippen LogP contribution < -0.4 is 10.2 Å². The summed E-state index contributed by atoms with van der Waals surface area (Å²) in [7, 11) is 0. The fourth-order valence-electron chi connectivity index (χ4n) is 3.04. The van der Waals surface area contributed by atoms with Crippen LogP contribution in [-0.2, 0) is 15.7 Å². The van der Waals surface area contributed by atoms with E-state index in [1.807, 2.05) is 35.2 Å². The molecule has 3 rings (SSSR count). The number of ether oxygens (including phenoxy) is 1. The summed E-state index contributed by atoms with van der Waals surface area (Å²) in [4.78, 5) is 15.4. The largest absolute Gasteiger partial charge is 0.416 e. The van der Waals surface area contributed by atoms with E-state index in [-0.39, 0.29) is 18.0 Å². The minimum Gasteiger partial charge on any atom is -0.378 e. The molecule has 1 fully saturated rings. The van der Waals surface area contributed by atoms with E-state index in [1.165, 1.54) is 6.07 Å². The first-order chi connectivity index (χ1) is 13.9. The Hall–Kier alpha value is -2.19. The molecule has 1 amide bonds. The second kappa shape index (κ2) is 10.0. The molecule has 2 aromatic carbocycles. The summed E-state index contributed by atoms with van der Waals surface area (Å²) in [6, 6.07) is 13.3. The van der Waals surface area contributed by atoms with Crippen LogP contribution in [0.1, 0.15) is 18.4 Å². The standard InChI is InChI=1S/C21H23F3N2O2S/c22-21(23,24)16-8-9-19(26-10-12-28-13-11-26)18(15-16)25-20(27)7-4-14-29-17-5-2-1-3-6-17/h1-3,5-6,8-9,15H,4,7,10-14H2,(H,25,27). The number of anilines is 2. The molecule has 4 nitrogen and oxygen atoms in total. The second-order valence-electron chi connectivity index (χ2n) is 6.64. The number of morpholine rings is 1. The van der Waals surface area contributed by atoms with Crippen molar-refractivity contribution in [2.75, 3.05) is 42.3 Å². The smallest absolute Gasteiger partial charge is 0.378 e. The number of amides is 1. The Morgan fingerprint density at radius 1 is 1.10 bits per heavy atom. The predicted octanol–water partition coefficient (Wildman–Crippen LogP) is 5.05. The molecule has 0 atom stereocenters. The van der Waals surface area contributed by atoms with Gasteiger partial charge in [0, 0.05) is 24.4 Å². The Balaban J connectivity index is 1.62. The number of rotatable bonds is 7. The monoisotopic (exact) mass is 424 g/mol. The Morgan fingerprint density at radius 3 is 2.52 bits per heavy atom. The van der Waals surface area contributed by atoms with E-state index < -0.39 is 11.7 Å². The Kier molecular flexibility index (Phi) is 7.44. The molecule has 0 aromatic heterocycles. The number of nitrogens with zero attached hydrogens (tertiary/aromatic N) is 1. The summed E-state index contributed by atoms with van der Waals surface area (Å²) in [5.41, 5.74) is 0.0141. The van der Waals surface area contributed by atoms with Crippen LogP contribution in [0.4, 0.5) is 24.5 Å². The lowest BCUT2D eigenvalue weighted by atomic mass is 10.1. The van der Waals surface area contributed by atoms with Gasteiger partial charge in [0.15, 0.2) is 0 Å². The quantitative estimate of drug-likeness (QED) is 0.499. The number of nitrogens with one attached hydrogen (secondary N) is 1. The molecule has 1 aliphatic rings. The van der Waals surface area contributed by atoms with Crippen LogP contribution in [0.15, 0.2) is 53.4 Å². The highest BCUT2D eigenvalue weighted by Gasteiger charge is 2.31. The maximum Gasteiger partial charge on any atom is 0.416 e. The van der Waals surface area contributed by atoms with Crippen molar-refractivity contribution in [3.8, 4) is 0 Å². The van der Waals surface area contributed by atoms with E-state index in [9.17, 15) is 18.0 Å². The molecule has 0 bridgehead atoms. The van der Waals surface area contributed by atoms with Crippen LogP contribution in [0.5, 0.6) is 0 Å². The van der Waals surface area contributed by atoms with Crippen molar-refractivity contribution in [3.63, 3.8) is 0 Å². The van der Waals surface area contributed by atoms with E-state index in [4.69, 9.17) is 4.74 Å². The SMILES string of the molecule is O=C(CCCSc1ccccc1)Nc1cc(C(F)(F)F)ccc1N1CCOCC1. The highest BCUT2D eigenvalue weighted by molar-refractivity contribution is 7.99. The minimum absolute atomic E-state index is 0.197. The first kappa shape index (κ1) is 21.5. The minimum atomic E-state index is -4.46. The molecule has 0 saturated carbocycles. The zero-order valence-corrected chi connectivity index (χ0v) is 16.7. The number of carbonyl (C=O) groups excluding carboxylic acids is 1. The number of halogens is 3. The van der Waals surface area contributed by atoms with Crippen molar-refractivity contribution >= 4 is 29.0 Å². The number of thioether (sulfide) groups is 1. The van der Waals surface area contributed by atoms with Gasteiger partial charge in [-0.15, -0.1) is 11.8 Å². The third-order valence-corrected chi connectivity index (χ3v) is 5.61. The third-order valence-electron chi connectivity index (χ3n) is 4.51. The molecule has 8 heteroatoms. The Bertz CT molecular complexity index is 809. The van der Waals surface area contributed by atoms with Crippen LogP contribution in [0, 0.1) is 0 Å². The van der Waals surface area contributed by atoms with E-state index >= 15 is 0 Å². The average Bonchev–Trinajstić information content (AvgIpc) is 2.72. The molecular formula is C21H23F3N2O2S. The van der Waals surface area contributed by atoms with Crippen LogP contribution in [0.25, 0.3) is 0 Å². The van der Waals surface area contributed by atoms with Gasteiger partial charge in [-0.05, 0) is 42.5 Å².